The fraction of sp³-hybridized carbons (Fsp3) is 0.565. The van der Waals surface area contributed by atoms with E-state index in [1.807, 2.05) is 13.0 Å². The summed E-state index contributed by atoms with van der Waals surface area (Å²) in [7, 11) is 1.45. The molecule has 3 heterocycles. The predicted octanol–water partition coefficient (Wildman–Crippen LogP) is 2.99. The summed E-state index contributed by atoms with van der Waals surface area (Å²) in [6, 6.07) is 8.58. The number of carbonyl (C=O) groups is 2. The summed E-state index contributed by atoms with van der Waals surface area (Å²) in [5, 5.41) is 3.59. The van der Waals surface area contributed by atoms with Gasteiger partial charge in [-0.3, -0.25) is 9.69 Å². The van der Waals surface area contributed by atoms with Gasteiger partial charge in [0.2, 0.25) is 0 Å². The molecule has 0 saturated carbocycles. The Balaban J connectivity index is 1.77. The molecule has 2 fully saturated rings. The van der Waals surface area contributed by atoms with Gasteiger partial charge in [-0.1, -0.05) is 18.2 Å². The molecule has 1 aliphatic carbocycles. The standard InChI is InChI=1S/C23H28N2O4/c1-14(29-15(2)26)22-9-6-11-25-12-10-23(21(22)25)17-7-4-5-8-18(17)24-19(23)16(13-22)20(27)28-3/h4-5,7-8,14,21,24H,6,9-13H2,1-3H3/t14-,21+,22+,23-/m1/s1. The molecule has 154 valence electrons. The van der Waals surface area contributed by atoms with E-state index in [1.165, 1.54) is 19.6 Å². The lowest BCUT2D eigenvalue weighted by molar-refractivity contribution is -0.161. The fourth-order valence-corrected chi connectivity index (χ4v) is 6.83. The van der Waals surface area contributed by atoms with Gasteiger partial charge in [0.05, 0.1) is 18.1 Å². The van der Waals surface area contributed by atoms with Crippen molar-refractivity contribution in [2.75, 3.05) is 25.5 Å². The molecule has 0 amide bonds. The van der Waals surface area contributed by atoms with Crippen molar-refractivity contribution >= 4 is 17.6 Å². The lowest BCUT2D eigenvalue weighted by atomic mass is 9.53. The van der Waals surface area contributed by atoms with Crippen LogP contribution in [0, 0.1) is 5.41 Å². The minimum atomic E-state index is -0.313. The molecule has 3 aliphatic heterocycles. The highest BCUT2D eigenvalue weighted by Gasteiger charge is 2.68. The summed E-state index contributed by atoms with van der Waals surface area (Å²) in [6.07, 6.45) is 3.20. The Hall–Kier alpha value is -2.34. The van der Waals surface area contributed by atoms with E-state index >= 15 is 0 Å². The van der Waals surface area contributed by atoms with Gasteiger partial charge in [-0.05, 0) is 57.3 Å². The number of carbonyl (C=O) groups excluding carboxylic acids is 2. The first-order valence-corrected chi connectivity index (χ1v) is 10.5. The van der Waals surface area contributed by atoms with E-state index in [0.29, 0.717) is 12.0 Å². The summed E-state index contributed by atoms with van der Waals surface area (Å²) >= 11 is 0. The Morgan fingerprint density at radius 1 is 1.24 bits per heavy atom. The zero-order valence-corrected chi connectivity index (χ0v) is 17.3. The summed E-state index contributed by atoms with van der Waals surface area (Å²) in [5.74, 6) is -0.549. The van der Waals surface area contributed by atoms with Gasteiger partial charge in [0.1, 0.15) is 6.10 Å². The second-order valence-electron chi connectivity index (χ2n) is 8.94. The van der Waals surface area contributed by atoms with Crippen molar-refractivity contribution in [2.24, 2.45) is 5.41 Å². The number of nitrogens with zero attached hydrogens (tertiary/aromatic N) is 1. The maximum Gasteiger partial charge on any atom is 0.335 e. The largest absolute Gasteiger partial charge is 0.466 e. The molecule has 0 unspecified atom stereocenters. The Morgan fingerprint density at radius 3 is 2.79 bits per heavy atom. The monoisotopic (exact) mass is 396 g/mol. The molecular formula is C23H28N2O4. The Labute approximate surface area is 171 Å². The smallest absolute Gasteiger partial charge is 0.335 e. The Bertz CT molecular complexity index is 925. The number of nitrogens with one attached hydrogen (secondary N) is 1. The minimum absolute atomic E-state index is 0.192. The third-order valence-electron chi connectivity index (χ3n) is 7.76. The molecule has 4 atom stereocenters. The van der Waals surface area contributed by atoms with Crippen molar-refractivity contribution in [1.82, 2.24) is 4.90 Å². The molecule has 6 heteroatoms. The second kappa shape index (κ2) is 6.33. The van der Waals surface area contributed by atoms with E-state index in [0.717, 1.165) is 43.7 Å². The number of ether oxygens (including phenoxy) is 2. The molecule has 29 heavy (non-hydrogen) atoms. The maximum atomic E-state index is 13.0. The van der Waals surface area contributed by atoms with E-state index < -0.39 is 0 Å². The minimum Gasteiger partial charge on any atom is -0.466 e. The number of fused-ring (bicyclic) bond motifs is 1. The van der Waals surface area contributed by atoms with Crippen molar-refractivity contribution < 1.29 is 19.1 Å². The van der Waals surface area contributed by atoms with Crippen molar-refractivity contribution in [3.8, 4) is 0 Å². The summed E-state index contributed by atoms with van der Waals surface area (Å²) in [4.78, 5) is 27.4. The van der Waals surface area contributed by atoms with Gasteiger partial charge >= 0.3 is 11.9 Å². The number of anilines is 1. The van der Waals surface area contributed by atoms with Crippen LogP contribution in [-0.2, 0) is 24.5 Å². The third-order valence-corrected chi connectivity index (χ3v) is 7.76. The Kier molecular flexibility index (Phi) is 4.07. The SMILES string of the molecule is COC(=O)C1=C2Nc3ccccc3[C@]23CCN2CCC[C@@]([C@@H](C)OC(C)=O)(C1)[C@H]23. The first-order valence-electron chi connectivity index (χ1n) is 10.5. The topological polar surface area (TPSA) is 67.9 Å². The number of rotatable bonds is 3. The normalized spacial score (nSPS) is 33.3. The van der Waals surface area contributed by atoms with Gasteiger partial charge in [0, 0.05) is 29.8 Å². The molecule has 1 aromatic rings. The third kappa shape index (κ3) is 2.32. The highest BCUT2D eigenvalue weighted by molar-refractivity contribution is 5.93. The number of para-hydroxylation sites is 1. The number of hydrogen-bond acceptors (Lipinski definition) is 6. The lowest BCUT2D eigenvalue weighted by Crippen LogP contribution is -2.64. The van der Waals surface area contributed by atoms with E-state index in [4.69, 9.17) is 9.47 Å². The number of methoxy groups -OCH3 is 1. The van der Waals surface area contributed by atoms with Crippen LogP contribution in [0.15, 0.2) is 35.5 Å². The van der Waals surface area contributed by atoms with Crippen LogP contribution in [-0.4, -0.2) is 49.2 Å². The Morgan fingerprint density at radius 2 is 2.03 bits per heavy atom. The van der Waals surface area contributed by atoms with E-state index in [1.54, 1.807) is 0 Å². The fourth-order valence-electron chi connectivity index (χ4n) is 6.83. The number of hydrogen-bond donors (Lipinski definition) is 1. The average Bonchev–Trinajstić information content (AvgIpc) is 3.27. The van der Waals surface area contributed by atoms with Gasteiger partial charge < -0.3 is 14.8 Å². The van der Waals surface area contributed by atoms with Crippen LogP contribution in [0.3, 0.4) is 0 Å². The van der Waals surface area contributed by atoms with Gasteiger partial charge in [-0.25, -0.2) is 4.79 Å². The number of piperidine rings is 1. The molecule has 6 nitrogen and oxygen atoms in total. The van der Waals surface area contributed by atoms with E-state index in [9.17, 15) is 9.59 Å². The van der Waals surface area contributed by atoms with Gasteiger partial charge in [-0.2, -0.15) is 0 Å². The summed E-state index contributed by atoms with van der Waals surface area (Å²) < 4.78 is 11.0. The predicted molar refractivity (Wildman–Crippen MR) is 108 cm³/mol. The summed E-state index contributed by atoms with van der Waals surface area (Å²) in [5.41, 5.74) is 3.45. The first kappa shape index (κ1) is 18.7. The van der Waals surface area contributed by atoms with Crippen LogP contribution in [0.25, 0.3) is 0 Å². The second-order valence-corrected chi connectivity index (χ2v) is 8.94. The van der Waals surface area contributed by atoms with Crippen LogP contribution in [0.4, 0.5) is 5.69 Å². The van der Waals surface area contributed by atoms with Crippen molar-refractivity contribution in [1.29, 1.82) is 0 Å². The molecule has 0 bridgehead atoms. The first-order chi connectivity index (χ1) is 13.9. The number of benzene rings is 1. The van der Waals surface area contributed by atoms with Crippen molar-refractivity contribution in [3.63, 3.8) is 0 Å². The van der Waals surface area contributed by atoms with E-state index in [-0.39, 0.29) is 34.9 Å². The average molecular weight is 396 g/mol. The lowest BCUT2D eigenvalue weighted by Gasteiger charge is -2.57. The molecule has 0 radical (unpaired) electrons. The molecule has 1 spiro atoms. The molecule has 1 N–H and O–H groups in total. The van der Waals surface area contributed by atoms with Crippen molar-refractivity contribution in [2.45, 2.75) is 57.1 Å². The maximum absolute atomic E-state index is 13.0. The van der Waals surface area contributed by atoms with Crippen LogP contribution in [0.1, 0.15) is 45.1 Å². The zero-order chi connectivity index (χ0) is 20.4. The molecule has 4 aliphatic rings. The molecule has 2 saturated heterocycles. The van der Waals surface area contributed by atoms with Crippen LogP contribution in [0.2, 0.25) is 0 Å². The van der Waals surface area contributed by atoms with Crippen molar-refractivity contribution in [3.05, 3.63) is 41.1 Å². The quantitative estimate of drug-likeness (QED) is 0.793. The molecule has 0 aromatic heterocycles. The van der Waals surface area contributed by atoms with Crippen LogP contribution < -0.4 is 5.32 Å². The molecule has 5 rings (SSSR count). The number of esters is 2. The highest BCUT2D eigenvalue weighted by atomic mass is 16.5. The molecular weight excluding hydrogens is 368 g/mol. The summed E-state index contributed by atoms with van der Waals surface area (Å²) in [6.45, 7) is 5.50. The van der Waals surface area contributed by atoms with E-state index in [2.05, 4.69) is 28.4 Å². The van der Waals surface area contributed by atoms with Crippen LogP contribution >= 0.6 is 0 Å². The molecule has 1 aromatic carbocycles. The van der Waals surface area contributed by atoms with Gasteiger partial charge in [0.25, 0.3) is 0 Å². The van der Waals surface area contributed by atoms with Crippen LogP contribution in [0.5, 0.6) is 0 Å². The van der Waals surface area contributed by atoms with Gasteiger partial charge in [0.15, 0.2) is 0 Å². The highest BCUT2D eigenvalue weighted by Crippen LogP contribution is 2.65. The zero-order valence-electron chi connectivity index (χ0n) is 17.3. The van der Waals surface area contributed by atoms with Gasteiger partial charge in [-0.15, -0.1) is 0 Å².